The summed E-state index contributed by atoms with van der Waals surface area (Å²) in [5, 5.41) is 7.98. The van der Waals surface area contributed by atoms with Crippen LogP contribution in [0.1, 0.15) is 29.5 Å². The van der Waals surface area contributed by atoms with E-state index >= 15 is 0 Å². The summed E-state index contributed by atoms with van der Waals surface area (Å²) in [5.74, 6) is 1.24. The van der Waals surface area contributed by atoms with Gasteiger partial charge >= 0.3 is 0 Å². The van der Waals surface area contributed by atoms with E-state index in [1.807, 2.05) is 36.0 Å². The van der Waals surface area contributed by atoms with Crippen molar-refractivity contribution in [3.8, 4) is 0 Å². The van der Waals surface area contributed by atoms with E-state index in [1.54, 1.807) is 0 Å². The SMILES string of the molecule is Cc1nn(C)c(C)c1[C@H]1OCC[C@@H]1CNc1nc2ccccc2[nH]1. The highest BCUT2D eigenvalue weighted by Crippen LogP contribution is 2.37. The molecule has 2 atom stereocenters. The zero-order chi connectivity index (χ0) is 16.7. The van der Waals surface area contributed by atoms with Gasteiger partial charge in [-0.1, -0.05) is 12.1 Å². The third kappa shape index (κ3) is 2.57. The van der Waals surface area contributed by atoms with Gasteiger partial charge in [-0.2, -0.15) is 5.10 Å². The number of benzene rings is 1. The Bertz CT molecular complexity index is 833. The Hall–Kier alpha value is -2.34. The molecule has 2 aromatic heterocycles. The lowest BCUT2D eigenvalue weighted by atomic mass is 9.94. The molecule has 6 heteroatoms. The highest BCUT2D eigenvalue weighted by Gasteiger charge is 2.33. The van der Waals surface area contributed by atoms with Crippen molar-refractivity contribution in [1.29, 1.82) is 0 Å². The monoisotopic (exact) mass is 325 g/mol. The molecule has 6 nitrogen and oxygen atoms in total. The number of para-hydroxylation sites is 2. The molecule has 0 radical (unpaired) electrons. The third-order valence-electron chi connectivity index (χ3n) is 4.98. The van der Waals surface area contributed by atoms with Crippen LogP contribution < -0.4 is 5.32 Å². The molecule has 1 fully saturated rings. The number of aryl methyl sites for hydroxylation is 2. The number of H-pyrrole nitrogens is 1. The van der Waals surface area contributed by atoms with Crippen molar-refractivity contribution in [3.63, 3.8) is 0 Å². The predicted octanol–water partition coefficient (Wildman–Crippen LogP) is 3.10. The van der Waals surface area contributed by atoms with Crippen molar-refractivity contribution in [2.24, 2.45) is 13.0 Å². The van der Waals surface area contributed by atoms with E-state index in [-0.39, 0.29) is 6.10 Å². The van der Waals surface area contributed by atoms with Crippen LogP contribution in [0.25, 0.3) is 11.0 Å². The van der Waals surface area contributed by atoms with Crippen LogP contribution in [-0.4, -0.2) is 32.9 Å². The van der Waals surface area contributed by atoms with Gasteiger partial charge in [0.1, 0.15) is 0 Å². The van der Waals surface area contributed by atoms with Gasteiger partial charge < -0.3 is 15.0 Å². The van der Waals surface area contributed by atoms with Crippen LogP contribution in [0.3, 0.4) is 0 Å². The van der Waals surface area contributed by atoms with Crippen LogP contribution in [0.15, 0.2) is 24.3 Å². The van der Waals surface area contributed by atoms with Gasteiger partial charge in [-0.15, -0.1) is 0 Å². The molecule has 24 heavy (non-hydrogen) atoms. The summed E-state index contributed by atoms with van der Waals surface area (Å²) < 4.78 is 7.99. The molecular weight excluding hydrogens is 302 g/mol. The number of ether oxygens (including phenoxy) is 1. The summed E-state index contributed by atoms with van der Waals surface area (Å²) >= 11 is 0. The number of aromatic nitrogens is 4. The van der Waals surface area contributed by atoms with Gasteiger partial charge in [0.25, 0.3) is 0 Å². The zero-order valence-electron chi connectivity index (χ0n) is 14.3. The highest BCUT2D eigenvalue weighted by atomic mass is 16.5. The molecule has 3 heterocycles. The van der Waals surface area contributed by atoms with Gasteiger partial charge in [0.15, 0.2) is 0 Å². The van der Waals surface area contributed by atoms with Crippen molar-refractivity contribution in [2.45, 2.75) is 26.4 Å². The first-order valence-corrected chi connectivity index (χ1v) is 8.44. The Kier molecular flexibility index (Phi) is 3.76. The van der Waals surface area contributed by atoms with Gasteiger partial charge in [0, 0.05) is 37.4 Å². The zero-order valence-corrected chi connectivity index (χ0v) is 14.3. The molecule has 1 aliphatic rings. The molecule has 1 saturated heterocycles. The summed E-state index contributed by atoms with van der Waals surface area (Å²) in [6.07, 6.45) is 1.15. The number of nitrogens with one attached hydrogen (secondary N) is 2. The van der Waals surface area contributed by atoms with Crippen molar-refractivity contribution < 1.29 is 4.74 Å². The number of fused-ring (bicyclic) bond motifs is 1. The predicted molar refractivity (Wildman–Crippen MR) is 94.1 cm³/mol. The molecule has 0 bridgehead atoms. The Morgan fingerprint density at radius 2 is 2.17 bits per heavy atom. The van der Waals surface area contributed by atoms with Crippen LogP contribution in [0.5, 0.6) is 0 Å². The molecule has 1 aromatic carbocycles. The van der Waals surface area contributed by atoms with Crippen LogP contribution in [0, 0.1) is 19.8 Å². The van der Waals surface area contributed by atoms with Crippen molar-refractivity contribution in [2.75, 3.05) is 18.5 Å². The second-order valence-corrected chi connectivity index (χ2v) is 6.53. The molecule has 0 spiro atoms. The lowest BCUT2D eigenvalue weighted by molar-refractivity contribution is 0.0922. The molecule has 0 unspecified atom stereocenters. The number of hydrogen-bond donors (Lipinski definition) is 2. The van der Waals surface area contributed by atoms with Gasteiger partial charge in [-0.3, -0.25) is 4.68 Å². The van der Waals surface area contributed by atoms with Crippen LogP contribution >= 0.6 is 0 Å². The van der Waals surface area contributed by atoms with Crippen molar-refractivity contribution >= 4 is 17.0 Å². The summed E-state index contributed by atoms with van der Waals surface area (Å²) in [6.45, 7) is 5.80. The quantitative estimate of drug-likeness (QED) is 0.773. The molecule has 2 N–H and O–H groups in total. The number of anilines is 1. The van der Waals surface area contributed by atoms with Crippen molar-refractivity contribution in [1.82, 2.24) is 19.7 Å². The maximum absolute atomic E-state index is 6.05. The number of imidazole rings is 1. The number of nitrogens with zero attached hydrogens (tertiary/aromatic N) is 3. The number of aromatic amines is 1. The van der Waals surface area contributed by atoms with E-state index in [2.05, 4.69) is 34.2 Å². The average molecular weight is 325 g/mol. The standard InChI is InChI=1S/C18H23N5O/c1-11-16(12(2)23(3)22-11)17-13(8-9-24-17)10-19-18-20-14-6-4-5-7-15(14)21-18/h4-7,13,17H,8-10H2,1-3H3,(H2,19,20,21)/t13-,17+/m1/s1. The smallest absolute Gasteiger partial charge is 0.201 e. The van der Waals surface area contributed by atoms with E-state index in [9.17, 15) is 0 Å². The van der Waals surface area contributed by atoms with Crippen LogP contribution in [0.2, 0.25) is 0 Å². The van der Waals surface area contributed by atoms with Crippen LogP contribution in [-0.2, 0) is 11.8 Å². The minimum atomic E-state index is 0.107. The minimum absolute atomic E-state index is 0.107. The topological polar surface area (TPSA) is 67.8 Å². The normalized spacial score (nSPS) is 20.8. The van der Waals surface area contributed by atoms with Gasteiger partial charge in [-0.05, 0) is 32.4 Å². The molecule has 0 amide bonds. The fraction of sp³-hybridized carbons (Fsp3) is 0.444. The Morgan fingerprint density at radius 1 is 1.33 bits per heavy atom. The maximum atomic E-state index is 6.05. The van der Waals surface area contributed by atoms with E-state index in [1.165, 1.54) is 11.3 Å². The van der Waals surface area contributed by atoms with Gasteiger partial charge in [-0.25, -0.2) is 4.98 Å². The second-order valence-electron chi connectivity index (χ2n) is 6.53. The lowest BCUT2D eigenvalue weighted by Crippen LogP contribution is -2.19. The Labute approximate surface area is 141 Å². The fourth-order valence-electron chi connectivity index (χ4n) is 3.63. The van der Waals surface area contributed by atoms with Gasteiger partial charge in [0.2, 0.25) is 5.95 Å². The van der Waals surface area contributed by atoms with Crippen molar-refractivity contribution in [3.05, 3.63) is 41.2 Å². The number of hydrogen-bond acceptors (Lipinski definition) is 4. The number of rotatable bonds is 4. The summed E-state index contributed by atoms with van der Waals surface area (Å²) in [6, 6.07) is 8.07. The van der Waals surface area contributed by atoms with E-state index < -0.39 is 0 Å². The minimum Gasteiger partial charge on any atom is -0.373 e. The molecule has 0 saturated carbocycles. The molecule has 126 valence electrons. The Morgan fingerprint density at radius 3 is 2.92 bits per heavy atom. The fourth-order valence-corrected chi connectivity index (χ4v) is 3.63. The molecule has 1 aliphatic heterocycles. The molecule has 3 aromatic rings. The maximum Gasteiger partial charge on any atom is 0.201 e. The molecule has 0 aliphatic carbocycles. The first-order chi connectivity index (χ1) is 11.6. The summed E-state index contributed by atoms with van der Waals surface area (Å²) in [4.78, 5) is 7.91. The third-order valence-corrected chi connectivity index (χ3v) is 4.98. The first-order valence-electron chi connectivity index (χ1n) is 8.44. The van der Waals surface area contributed by atoms with E-state index in [0.29, 0.717) is 5.92 Å². The summed E-state index contributed by atoms with van der Waals surface area (Å²) in [5.41, 5.74) is 5.53. The summed E-state index contributed by atoms with van der Waals surface area (Å²) in [7, 11) is 1.99. The van der Waals surface area contributed by atoms with E-state index in [0.717, 1.165) is 42.2 Å². The average Bonchev–Trinajstić information content (AvgIpc) is 3.24. The van der Waals surface area contributed by atoms with Crippen LogP contribution in [0.4, 0.5) is 5.95 Å². The lowest BCUT2D eigenvalue weighted by Gasteiger charge is -2.19. The van der Waals surface area contributed by atoms with E-state index in [4.69, 9.17) is 4.74 Å². The Balaban J connectivity index is 1.51. The second kappa shape index (κ2) is 5.94. The molecular formula is C18H23N5O. The first kappa shape index (κ1) is 15.2. The molecule has 4 rings (SSSR count). The highest BCUT2D eigenvalue weighted by molar-refractivity contribution is 5.77. The largest absolute Gasteiger partial charge is 0.373 e. The van der Waals surface area contributed by atoms with Gasteiger partial charge in [0.05, 0.1) is 22.8 Å².